The third-order valence-electron chi connectivity index (χ3n) is 3.26. The van der Waals surface area contributed by atoms with Crippen molar-refractivity contribution in [3.8, 4) is 11.4 Å². The Kier molecular flexibility index (Phi) is 3.73. The number of aromatic nitrogens is 2. The van der Waals surface area contributed by atoms with Crippen LogP contribution in [0.5, 0.6) is 0 Å². The zero-order valence-electron chi connectivity index (χ0n) is 11.5. The van der Waals surface area contributed by atoms with E-state index in [1.165, 1.54) is 5.56 Å². The van der Waals surface area contributed by atoms with Crippen LogP contribution in [-0.2, 0) is 0 Å². The van der Waals surface area contributed by atoms with Crippen LogP contribution in [0.25, 0.3) is 11.4 Å². The summed E-state index contributed by atoms with van der Waals surface area (Å²) in [5.41, 5.74) is 8.98. The summed E-state index contributed by atoms with van der Waals surface area (Å²) in [5.74, 6) is 0.867. The van der Waals surface area contributed by atoms with Gasteiger partial charge in [0.15, 0.2) is 0 Å². The molecule has 21 heavy (non-hydrogen) atoms. The van der Waals surface area contributed by atoms with Crippen molar-refractivity contribution in [2.24, 2.45) is 5.73 Å². The van der Waals surface area contributed by atoms with Crippen molar-refractivity contribution in [2.45, 2.75) is 13.0 Å². The van der Waals surface area contributed by atoms with Gasteiger partial charge in [0.1, 0.15) is 6.04 Å². The molecule has 4 nitrogen and oxygen atoms in total. The average molecular weight is 300 g/mol. The second-order valence-corrected chi connectivity index (χ2v) is 5.23. The number of aryl methyl sites for hydroxylation is 1. The fourth-order valence-electron chi connectivity index (χ4n) is 2.04. The first-order valence-electron chi connectivity index (χ1n) is 6.56. The van der Waals surface area contributed by atoms with E-state index < -0.39 is 6.04 Å². The molecular formula is C16H14ClN3O. The van der Waals surface area contributed by atoms with Crippen molar-refractivity contribution < 1.29 is 4.52 Å². The predicted octanol–water partition coefficient (Wildman–Crippen LogP) is 3.75. The highest BCUT2D eigenvalue weighted by Gasteiger charge is 2.19. The number of hydrogen-bond acceptors (Lipinski definition) is 4. The topological polar surface area (TPSA) is 64.9 Å². The molecule has 0 saturated heterocycles. The molecule has 0 unspecified atom stereocenters. The van der Waals surface area contributed by atoms with Gasteiger partial charge in [0, 0.05) is 10.6 Å². The molecule has 3 rings (SSSR count). The maximum Gasteiger partial charge on any atom is 0.248 e. The molecule has 0 aliphatic heterocycles. The number of rotatable bonds is 3. The predicted molar refractivity (Wildman–Crippen MR) is 82.0 cm³/mol. The van der Waals surface area contributed by atoms with Gasteiger partial charge < -0.3 is 10.3 Å². The molecule has 1 aromatic heterocycles. The molecule has 0 bridgehead atoms. The highest BCUT2D eigenvalue weighted by Crippen LogP contribution is 2.26. The van der Waals surface area contributed by atoms with Crippen LogP contribution in [0.3, 0.4) is 0 Å². The van der Waals surface area contributed by atoms with E-state index in [9.17, 15) is 0 Å². The first-order chi connectivity index (χ1) is 10.1. The Labute approximate surface area is 127 Å². The van der Waals surface area contributed by atoms with Crippen LogP contribution in [0.1, 0.15) is 23.1 Å². The van der Waals surface area contributed by atoms with Gasteiger partial charge in [-0.25, -0.2) is 0 Å². The van der Waals surface area contributed by atoms with E-state index in [1.807, 2.05) is 49.4 Å². The van der Waals surface area contributed by atoms with Crippen LogP contribution >= 0.6 is 11.6 Å². The quantitative estimate of drug-likeness (QED) is 0.800. The Morgan fingerprint density at radius 2 is 1.81 bits per heavy atom. The summed E-state index contributed by atoms with van der Waals surface area (Å²) in [4.78, 5) is 4.37. The number of nitrogens with two attached hydrogens (primary N) is 1. The lowest BCUT2D eigenvalue weighted by molar-refractivity contribution is 0.367. The summed E-state index contributed by atoms with van der Waals surface area (Å²) in [6, 6.07) is 14.7. The van der Waals surface area contributed by atoms with Crippen molar-refractivity contribution in [3.63, 3.8) is 0 Å². The standard InChI is InChI=1S/C16H14ClN3O/c1-10-6-8-11(9-7-10)15-19-16(21-20-15)14(18)12-4-2-3-5-13(12)17/h2-9,14H,18H2,1H3/t14-/m1/s1. The zero-order valence-corrected chi connectivity index (χ0v) is 12.2. The van der Waals surface area contributed by atoms with E-state index >= 15 is 0 Å². The highest BCUT2D eigenvalue weighted by atomic mass is 35.5. The Hall–Kier alpha value is -2.17. The molecule has 1 heterocycles. The Morgan fingerprint density at radius 1 is 1.10 bits per heavy atom. The molecule has 2 N–H and O–H groups in total. The molecule has 0 spiro atoms. The van der Waals surface area contributed by atoms with Crippen LogP contribution < -0.4 is 5.73 Å². The molecule has 0 saturated carbocycles. The summed E-state index contributed by atoms with van der Waals surface area (Å²) in [6.07, 6.45) is 0. The number of benzene rings is 2. The normalized spacial score (nSPS) is 12.3. The number of nitrogens with zero attached hydrogens (tertiary/aromatic N) is 2. The fraction of sp³-hybridized carbons (Fsp3) is 0.125. The summed E-state index contributed by atoms with van der Waals surface area (Å²) >= 11 is 6.14. The average Bonchev–Trinajstić information content (AvgIpc) is 2.98. The monoisotopic (exact) mass is 299 g/mol. The van der Waals surface area contributed by atoms with Gasteiger partial charge in [-0.05, 0) is 18.6 Å². The molecule has 3 aromatic rings. The van der Waals surface area contributed by atoms with E-state index in [2.05, 4.69) is 10.1 Å². The highest BCUT2D eigenvalue weighted by molar-refractivity contribution is 6.31. The first-order valence-corrected chi connectivity index (χ1v) is 6.93. The van der Waals surface area contributed by atoms with Crippen molar-refractivity contribution in [1.29, 1.82) is 0 Å². The van der Waals surface area contributed by atoms with Crippen LogP contribution in [-0.4, -0.2) is 10.1 Å². The smallest absolute Gasteiger partial charge is 0.248 e. The molecule has 0 fully saturated rings. The van der Waals surface area contributed by atoms with Gasteiger partial charge in [-0.3, -0.25) is 0 Å². The maximum absolute atomic E-state index is 6.15. The molecule has 0 amide bonds. The summed E-state index contributed by atoms with van der Waals surface area (Å²) in [6.45, 7) is 2.03. The Bertz CT molecular complexity index is 752. The van der Waals surface area contributed by atoms with E-state index in [-0.39, 0.29) is 0 Å². The van der Waals surface area contributed by atoms with Gasteiger partial charge in [0.25, 0.3) is 0 Å². The second-order valence-electron chi connectivity index (χ2n) is 4.82. The van der Waals surface area contributed by atoms with Crippen LogP contribution in [0.2, 0.25) is 5.02 Å². The Morgan fingerprint density at radius 3 is 2.52 bits per heavy atom. The maximum atomic E-state index is 6.15. The molecule has 106 valence electrons. The number of halogens is 1. The molecule has 0 aliphatic rings. The lowest BCUT2D eigenvalue weighted by atomic mass is 10.1. The van der Waals surface area contributed by atoms with Crippen molar-refractivity contribution in [3.05, 3.63) is 70.6 Å². The van der Waals surface area contributed by atoms with Gasteiger partial charge in [0.2, 0.25) is 11.7 Å². The fourth-order valence-corrected chi connectivity index (χ4v) is 2.30. The van der Waals surface area contributed by atoms with E-state index in [0.717, 1.165) is 11.1 Å². The third kappa shape index (κ3) is 2.82. The van der Waals surface area contributed by atoms with E-state index in [4.69, 9.17) is 21.9 Å². The number of hydrogen-bond donors (Lipinski definition) is 1. The minimum absolute atomic E-state index is 0.346. The lowest BCUT2D eigenvalue weighted by Crippen LogP contribution is -2.12. The minimum atomic E-state index is -0.537. The van der Waals surface area contributed by atoms with Crippen molar-refractivity contribution in [2.75, 3.05) is 0 Å². The summed E-state index contributed by atoms with van der Waals surface area (Å²) in [7, 11) is 0. The van der Waals surface area contributed by atoms with Gasteiger partial charge in [-0.1, -0.05) is 64.8 Å². The molecule has 0 radical (unpaired) electrons. The summed E-state index contributed by atoms with van der Waals surface area (Å²) < 4.78 is 5.28. The third-order valence-corrected chi connectivity index (χ3v) is 3.60. The van der Waals surface area contributed by atoms with E-state index in [1.54, 1.807) is 6.07 Å². The Balaban J connectivity index is 1.91. The molecule has 2 aromatic carbocycles. The molecule has 0 aliphatic carbocycles. The molecule has 1 atom stereocenters. The van der Waals surface area contributed by atoms with Crippen LogP contribution in [0, 0.1) is 6.92 Å². The second kappa shape index (κ2) is 5.68. The molecular weight excluding hydrogens is 286 g/mol. The van der Waals surface area contributed by atoms with Crippen molar-refractivity contribution >= 4 is 11.6 Å². The first kappa shape index (κ1) is 13.8. The SMILES string of the molecule is Cc1ccc(-c2noc([C@H](N)c3ccccc3Cl)n2)cc1. The minimum Gasteiger partial charge on any atom is -0.337 e. The van der Waals surface area contributed by atoms with Crippen LogP contribution in [0.15, 0.2) is 53.1 Å². The van der Waals surface area contributed by atoms with E-state index in [0.29, 0.717) is 16.7 Å². The van der Waals surface area contributed by atoms with Crippen LogP contribution in [0.4, 0.5) is 0 Å². The zero-order chi connectivity index (χ0) is 14.8. The van der Waals surface area contributed by atoms with Gasteiger partial charge in [0.05, 0.1) is 0 Å². The molecule has 5 heteroatoms. The summed E-state index contributed by atoms with van der Waals surface area (Å²) in [5, 5.41) is 4.57. The van der Waals surface area contributed by atoms with Gasteiger partial charge in [-0.2, -0.15) is 4.98 Å². The van der Waals surface area contributed by atoms with Crippen molar-refractivity contribution in [1.82, 2.24) is 10.1 Å². The van der Waals surface area contributed by atoms with Gasteiger partial charge >= 0.3 is 0 Å². The van der Waals surface area contributed by atoms with Gasteiger partial charge in [-0.15, -0.1) is 0 Å². The lowest BCUT2D eigenvalue weighted by Gasteiger charge is -2.08. The largest absolute Gasteiger partial charge is 0.337 e.